The van der Waals surface area contributed by atoms with E-state index in [0.29, 0.717) is 12.4 Å². The summed E-state index contributed by atoms with van der Waals surface area (Å²) in [4.78, 5) is 22.9. The van der Waals surface area contributed by atoms with Crippen LogP contribution < -0.4 is 10.2 Å². The van der Waals surface area contributed by atoms with Crippen molar-refractivity contribution < 1.29 is 18.0 Å². The molecule has 3 rings (SSSR count). The van der Waals surface area contributed by atoms with Gasteiger partial charge in [-0.1, -0.05) is 0 Å². The Labute approximate surface area is 131 Å². The second kappa shape index (κ2) is 5.86. The summed E-state index contributed by atoms with van der Waals surface area (Å²) in [7, 11) is 0. The van der Waals surface area contributed by atoms with E-state index in [1.54, 1.807) is 11.8 Å². The molecule has 0 bridgehead atoms. The predicted molar refractivity (Wildman–Crippen MR) is 78.1 cm³/mol. The van der Waals surface area contributed by atoms with Crippen LogP contribution in [0.15, 0.2) is 12.4 Å². The Balaban J connectivity index is 1.67. The molecule has 6 nitrogen and oxygen atoms in total. The van der Waals surface area contributed by atoms with Crippen LogP contribution in [0, 0.1) is 0 Å². The molecule has 0 aliphatic carbocycles. The molecule has 0 saturated carbocycles. The van der Waals surface area contributed by atoms with E-state index in [4.69, 9.17) is 0 Å². The predicted octanol–water partition coefficient (Wildman–Crippen LogP) is 1.65. The maximum Gasteiger partial charge on any atom is 0.408 e. The molecule has 126 valence electrons. The Morgan fingerprint density at radius 3 is 2.61 bits per heavy atom. The van der Waals surface area contributed by atoms with Crippen LogP contribution in [0.2, 0.25) is 0 Å². The molecule has 1 N–H and O–H groups in total. The molecule has 2 aliphatic rings. The van der Waals surface area contributed by atoms with Crippen molar-refractivity contribution >= 4 is 17.5 Å². The summed E-state index contributed by atoms with van der Waals surface area (Å²) in [5.74, 6) is 0.539. The number of amides is 1. The first kappa shape index (κ1) is 15.8. The van der Waals surface area contributed by atoms with E-state index in [1.165, 1.54) is 17.3 Å². The topological polar surface area (TPSA) is 61.4 Å². The van der Waals surface area contributed by atoms with Gasteiger partial charge in [0, 0.05) is 25.7 Å². The molecule has 2 saturated heterocycles. The van der Waals surface area contributed by atoms with E-state index in [0.717, 1.165) is 19.5 Å². The van der Waals surface area contributed by atoms with Gasteiger partial charge in [-0.05, 0) is 19.8 Å². The zero-order valence-electron chi connectivity index (χ0n) is 12.7. The lowest BCUT2D eigenvalue weighted by atomic mass is 10.0. The SMILES string of the molecule is C[C@@H](Nc1cc(N2CCC2C(F)(F)F)ncn1)C(=O)N1CCC1. The highest BCUT2D eigenvalue weighted by molar-refractivity contribution is 5.84. The fourth-order valence-corrected chi connectivity index (χ4v) is 2.68. The van der Waals surface area contributed by atoms with Crippen LogP contribution in [0.1, 0.15) is 19.8 Å². The first-order valence-corrected chi connectivity index (χ1v) is 7.57. The Morgan fingerprint density at radius 1 is 1.35 bits per heavy atom. The first-order valence-electron chi connectivity index (χ1n) is 7.57. The van der Waals surface area contributed by atoms with Crippen LogP contribution >= 0.6 is 0 Å². The van der Waals surface area contributed by atoms with E-state index in [2.05, 4.69) is 15.3 Å². The number of carbonyl (C=O) groups is 1. The molecule has 1 amide bonds. The number of aromatic nitrogens is 2. The molecule has 0 aromatic carbocycles. The molecule has 0 radical (unpaired) electrons. The number of anilines is 2. The van der Waals surface area contributed by atoms with Crippen molar-refractivity contribution in [3.05, 3.63) is 12.4 Å². The number of rotatable bonds is 4. The summed E-state index contributed by atoms with van der Waals surface area (Å²) in [5, 5.41) is 2.94. The molecule has 0 spiro atoms. The van der Waals surface area contributed by atoms with Gasteiger partial charge in [-0.25, -0.2) is 9.97 Å². The second-order valence-corrected chi connectivity index (χ2v) is 5.85. The van der Waals surface area contributed by atoms with Gasteiger partial charge < -0.3 is 15.1 Å². The van der Waals surface area contributed by atoms with Crippen LogP contribution in [0.3, 0.4) is 0 Å². The second-order valence-electron chi connectivity index (χ2n) is 5.85. The third-order valence-electron chi connectivity index (χ3n) is 4.25. The Morgan fingerprint density at radius 2 is 2.09 bits per heavy atom. The molecule has 2 aliphatic heterocycles. The number of halogens is 3. The third kappa shape index (κ3) is 3.18. The minimum Gasteiger partial charge on any atom is -0.358 e. The molecular formula is C14H18F3N5O. The zero-order valence-corrected chi connectivity index (χ0v) is 12.7. The van der Waals surface area contributed by atoms with E-state index in [9.17, 15) is 18.0 Å². The smallest absolute Gasteiger partial charge is 0.358 e. The third-order valence-corrected chi connectivity index (χ3v) is 4.25. The monoisotopic (exact) mass is 329 g/mol. The van der Waals surface area contributed by atoms with Gasteiger partial charge in [0.2, 0.25) is 5.91 Å². The van der Waals surface area contributed by atoms with Crippen molar-refractivity contribution in [3.8, 4) is 0 Å². The van der Waals surface area contributed by atoms with E-state index < -0.39 is 18.3 Å². The summed E-state index contributed by atoms with van der Waals surface area (Å²) in [6.45, 7) is 3.52. The minimum atomic E-state index is -4.27. The van der Waals surface area contributed by atoms with Gasteiger partial charge >= 0.3 is 6.18 Å². The molecule has 1 unspecified atom stereocenters. The van der Waals surface area contributed by atoms with Crippen LogP contribution in [0.25, 0.3) is 0 Å². The maximum absolute atomic E-state index is 12.8. The van der Waals surface area contributed by atoms with Gasteiger partial charge in [-0.15, -0.1) is 0 Å². The number of likely N-dealkylation sites (tertiary alicyclic amines) is 1. The lowest BCUT2D eigenvalue weighted by Crippen LogP contribution is -2.56. The molecule has 23 heavy (non-hydrogen) atoms. The number of carbonyl (C=O) groups excluding carboxylic acids is 1. The first-order chi connectivity index (χ1) is 10.9. The fourth-order valence-electron chi connectivity index (χ4n) is 2.68. The molecule has 1 aromatic heterocycles. The molecular weight excluding hydrogens is 311 g/mol. The lowest BCUT2D eigenvalue weighted by molar-refractivity contribution is -0.159. The maximum atomic E-state index is 12.8. The molecule has 9 heteroatoms. The molecule has 1 aromatic rings. The number of hydrogen-bond donors (Lipinski definition) is 1. The Kier molecular flexibility index (Phi) is 4.03. The van der Waals surface area contributed by atoms with Gasteiger partial charge in [0.25, 0.3) is 0 Å². The van der Waals surface area contributed by atoms with Crippen LogP contribution in [-0.4, -0.2) is 58.7 Å². The number of nitrogens with zero attached hydrogens (tertiary/aromatic N) is 4. The highest BCUT2D eigenvalue weighted by atomic mass is 19.4. The van der Waals surface area contributed by atoms with Crippen molar-refractivity contribution in [2.24, 2.45) is 0 Å². The summed E-state index contributed by atoms with van der Waals surface area (Å²) < 4.78 is 38.5. The largest absolute Gasteiger partial charge is 0.408 e. The average Bonchev–Trinajstić information content (AvgIpc) is 2.33. The van der Waals surface area contributed by atoms with E-state index >= 15 is 0 Å². The standard InChI is InChI=1S/C14H18F3N5O/c1-9(13(23)21-4-2-5-21)20-11-7-12(19-8-18-11)22-6-3-10(22)14(15,16)17/h7-10H,2-6H2,1H3,(H,18,19,20)/t9-,10?/m1/s1. The van der Waals surface area contributed by atoms with Gasteiger partial charge in [0.1, 0.15) is 30.0 Å². The highest BCUT2D eigenvalue weighted by Crippen LogP contribution is 2.36. The summed E-state index contributed by atoms with van der Waals surface area (Å²) in [6, 6.07) is -0.518. The zero-order chi connectivity index (χ0) is 16.6. The normalized spacial score (nSPS) is 22.2. The van der Waals surface area contributed by atoms with Gasteiger partial charge in [0.15, 0.2) is 0 Å². The molecule has 2 fully saturated rings. The molecule has 2 atom stereocenters. The van der Waals surface area contributed by atoms with Crippen LogP contribution in [0.4, 0.5) is 24.8 Å². The van der Waals surface area contributed by atoms with Gasteiger partial charge in [-0.2, -0.15) is 13.2 Å². The number of alkyl halides is 3. The fraction of sp³-hybridized carbons (Fsp3) is 0.643. The van der Waals surface area contributed by atoms with Crippen molar-refractivity contribution in [2.45, 2.75) is 38.0 Å². The summed E-state index contributed by atoms with van der Waals surface area (Å²) in [5.41, 5.74) is 0. The van der Waals surface area contributed by atoms with Gasteiger partial charge in [0.05, 0.1) is 0 Å². The average molecular weight is 329 g/mol. The van der Waals surface area contributed by atoms with Crippen molar-refractivity contribution in [1.82, 2.24) is 14.9 Å². The molecule has 3 heterocycles. The lowest BCUT2D eigenvalue weighted by Gasteiger charge is -2.42. The quantitative estimate of drug-likeness (QED) is 0.910. The van der Waals surface area contributed by atoms with Crippen molar-refractivity contribution in [2.75, 3.05) is 29.9 Å². The van der Waals surface area contributed by atoms with Gasteiger partial charge in [-0.3, -0.25) is 4.79 Å². The van der Waals surface area contributed by atoms with Crippen LogP contribution in [-0.2, 0) is 4.79 Å². The van der Waals surface area contributed by atoms with Crippen molar-refractivity contribution in [1.29, 1.82) is 0 Å². The summed E-state index contributed by atoms with van der Waals surface area (Å²) in [6.07, 6.45) is -1.98. The highest BCUT2D eigenvalue weighted by Gasteiger charge is 2.49. The van der Waals surface area contributed by atoms with E-state index in [1.807, 2.05) is 0 Å². The van der Waals surface area contributed by atoms with E-state index in [-0.39, 0.29) is 18.1 Å². The van der Waals surface area contributed by atoms with Crippen LogP contribution in [0.5, 0.6) is 0 Å². The minimum absolute atomic E-state index is 0.0338. The Bertz CT molecular complexity index is 590. The Hall–Kier alpha value is -2.06. The van der Waals surface area contributed by atoms with Crippen molar-refractivity contribution in [3.63, 3.8) is 0 Å². The number of nitrogens with one attached hydrogen (secondary N) is 1. The summed E-state index contributed by atoms with van der Waals surface area (Å²) >= 11 is 0. The number of hydrogen-bond acceptors (Lipinski definition) is 5.